The molecule has 0 atom stereocenters. The molecule has 1 N–H and O–H groups in total. The van der Waals surface area contributed by atoms with E-state index in [2.05, 4.69) is 14.7 Å². The van der Waals surface area contributed by atoms with Gasteiger partial charge < -0.3 is 4.90 Å². The van der Waals surface area contributed by atoms with Crippen LogP contribution in [0.4, 0.5) is 5.82 Å². The van der Waals surface area contributed by atoms with Crippen molar-refractivity contribution >= 4 is 15.8 Å². The number of hydrogen-bond donors (Lipinski definition) is 1. The molecule has 0 saturated heterocycles. The normalized spacial score (nSPS) is 11.5. The third-order valence-electron chi connectivity index (χ3n) is 3.20. The summed E-state index contributed by atoms with van der Waals surface area (Å²) in [6.45, 7) is 3.69. The summed E-state index contributed by atoms with van der Waals surface area (Å²) in [6.07, 6.45) is 1.61. The second-order valence-corrected chi connectivity index (χ2v) is 7.05. The van der Waals surface area contributed by atoms with E-state index in [0.29, 0.717) is 11.4 Å². The van der Waals surface area contributed by atoms with Crippen molar-refractivity contribution < 1.29 is 8.42 Å². The first-order valence-corrected chi connectivity index (χ1v) is 8.34. The van der Waals surface area contributed by atoms with Crippen molar-refractivity contribution in [2.75, 3.05) is 19.0 Å². The highest BCUT2D eigenvalue weighted by atomic mass is 32.2. The fraction of sp³-hybridized carbons (Fsp3) is 0.333. The summed E-state index contributed by atoms with van der Waals surface area (Å²) >= 11 is 0. The zero-order valence-corrected chi connectivity index (χ0v) is 14.0. The maximum atomic E-state index is 12.4. The number of benzene rings is 1. The van der Waals surface area contributed by atoms with Gasteiger partial charge in [-0.3, -0.25) is 0 Å². The number of rotatable bonds is 5. The van der Waals surface area contributed by atoms with Gasteiger partial charge >= 0.3 is 0 Å². The summed E-state index contributed by atoms with van der Waals surface area (Å²) in [6, 6.07) is 7.11. The van der Waals surface area contributed by atoms with Crippen LogP contribution in [0.15, 0.2) is 35.4 Å². The van der Waals surface area contributed by atoms with E-state index in [9.17, 15) is 8.42 Å². The van der Waals surface area contributed by atoms with Gasteiger partial charge in [0.1, 0.15) is 11.6 Å². The van der Waals surface area contributed by atoms with E-state index in [-0.39, 0.29) is 11.4 Å². The molecule has 0 aliphatic heterocycles. The number of aromatic nitrogens is 2. The molecule has 0 saturated carbocycles. The van der Waals surface area contributed by atoms with Crippen molar-refractivity contribution in [2.24, 2.45) is 0 Å². The van der Waals surface area contributed by atoms with E-state index in [1.807, 2.05) is 32.0 Å². The number of aryl methyl sites for hydroxylation is 2. The van der Waals surface area contributed by atoms with Gasteiger partial charge in [-0.15, -0.1) is 0 Å². The van der Waals surface area contributed by atoms with Crippen LogP contribution in [-0.2, 0) is 16.6 Å². The smallest absolute Gasteiger partial charge is 0.241 e. The predicted octanol–water partition coefficient (Wildman–Crippen LogP) is 1.64. The van der Waals surface area contributed by atoms with Crippen LogP contribution < -0.4 is 9.62 Å². The van der Waals surface area contributed by atoms with Crippen LogP contribution in [0.25, 0.3) is 0 Å². The van der Waals surface area contributed by atoms with Crippen LogP contribution in [0.1, 0.15) is 17.0 Å². The number of anilines is 1. The monoisotopic (exact) mass is 320 g/mol. The highest BCUT2D eigenvalue weighted by molar-refractivity contribution is 7.89. The average molecular weight is 320 g/mol. The molecule has 2 aromatic rings. The molecule has 2 rings (SSSR count). The minimum Gasteiger partial charge on any atom is -0.363 e. The molecule has 22 heavy (non-hydrogen) atoms. The molecule has 1 aromatic heterocycles. The minimum atomic E-state index is -3.59. The van der Waals surface area contributed by atoms with Crippen LogP contribution >= 0.6 is 0 Å². The van der Waals surface area contributed by atoms with Crippen molar-refractivity contribution in [1.29, 1.82) is 0 Å². The molecule has 0 amide bonds. The maximum absolute atomic E-state index is 12.4. The van der Waals surface area contributed by atoms with Gasteiger partial charge in [-0.2, -0.15) is 0 Å². The molecular formula is C15H20N4O2S. The Morgan fingerprint density at radius 2 is 1.91 bits per heavy atom. The summed E-state index contributed by atoms with van der Waals surface area (Å²) in [5.41, 5.74) is 1.61. The zero-order valence-electron chi connectivity index (χ0n) is 13.2. The molecule has 0 unspecified atom stereocenters. The second-order valence-electron chi connectivity index (χ2n) is 5.32. The number of hydrogen-bond acceptors (Lipinski definition) is 5. The number of sulfonamides is 1. The summed E-state index contributed by atoms with van der Waals surface area (Å²) in [5.74, 6) is 1.16. The van der Waals surface area contributed by atoms with E-state index in [4.69, 9.17) is 0 Å². The number of nitrogens with zero attached hydrogens (tertiary/aromatic N) is 3. The summed E-state index contributed by atoms with van der Waals surface area (Å²) in [4.78, 5) is 10.5. The second kappa shape index (κ2) is 6.41. The maximum Gasteiger partial charge on any atom is 0.241 e. The van der Waals surface area contributed by atoms with Crippen LogP contribution in [-0.4, -0.2) is 32.5 Å². The summed E-state index contributed by atoms with van der Waals surface area (Å²) < 4.78 is 27.4. The third-order valence-corrected chi connectivity index (χ3v) is 4.75. The Hall–Kier alpha value is -1.99. The largest absolute Gasteiger partial charge is 0.363 e. The van der Waals surface area contributed by atoms with E-state index in [1.54, 1.807) is 31.3 Å². The van der Waals surface area contributed by atoms with Gasteiger partial charge in [0.05, 0.1) is 11.4 Å². The van der Waals surface area contributed by atoms with Crippen LogP contribution in [0.2, 0.25) is 0 Å². The van der Waals surface area contributed by atoms with Crippen molar-refractivity contribution in [3.05, 3.63) is 47.4 Å². The van der Waals surface area contributed by atoms with Gasteiger partial charge in [0, 0.05) is 20.3 Å². The third kappa shape index (κ3) is 3.80. The van der Waals surface area contributed by atoms with Gasteiger partial charge in [0.15, 0.2) is 0 Å². The van der Waals surface area contributed by atoms with Crippen LogP contribution in [0, 0.1) is 13.8 Å². The summed E-state index contributed by atoms with van der Waals surface area (Å²) in [5, 5.41) is 0. The standard InChI is InChI=1S/C15H20N4O2S/c1-11-5-6-12(2)13(9-11)22(20,21)17-10-14-16-8-7-15(18-14)19(3)4/h5-9,17H,10H2,1-4H3. The molecule has 0 bridgehead atoms. The Balaban J connectivity index is 2.20. The Bertz CT molecular complexity index is 773. The van der Waals surface area contributed by atoms with E-state index >= 15 is 0 Å². The zero-order chi connectivity index (χ0) is 16.3. The topological polar surface area (TPSA) is 75.2 Å². The molecule has 0 spiro atoms. The van der Waals surface area contributed by atoms with Gasteiger partial charge in [0.25, 0.3) is 0 Å². The van der Waals surface area contributed by atoms with Crippen LogP contribution in [0.5, 0.6) is 0 Å². The lowest BCUT2D eigenvalue weighted by Gasteiger charge is -2.12. The van der Waals surface area contributed by atoms with Crippen molar-refractivity contribution in [3.63, 3.8) is 0 Å². The van der Waals surface area contributed by atoms with Crippen molar-refractivity contribution in [3.8, 4) is 0 Å². The highest BCUT2D eigenvalue weighted by Gasteiger charge is 2.17. The molecule has 0 fully saturated rings. The molecule has 1 aromatic carbocycles. The molecule has 1 heterocycles. The Labute approximate surface area is 131 Å². The lowest BCUT2D eigenvalue weighted by molar-refractivity contribution is 0.578. The molecule has 6 nitrogen and oxygen atoms in total. The molecule has 0 aliphatic carbocycles. The quantitative estimate of drug-likeness (QED) is 0.906. The fourth-order valence-corrected chi connectivity index (χ4v) is 3.26. The van der Waals surface area contributed by atoms with Gasteiger partial charge in [-0.25, -0.2) is 23.1 Å². The highest BCUT2D eigenvalue weighted by Crippen LogP contribution is 2.16. The lowest BCUT2D eigenvalue weighted by Crippen LogP contribution is -2.25. The average Bonchev–Trinajstić information content (AvgIpc) is 2.48. The first-order chi connectivity index (χ1) is 10.3. The van der Waals surface area contributed by atoms with Crippen LogP contribution in [0.3, 0.4) is 0 Å². The van der Waals surface area contributed by atoms with E-state index in [1.165, 1.54) is 0 Å². The van der Waals surface area contributed by atoms with Gasteiger partial charge in [-0.05, 0) is 37.1 Å². The van der Waals surface area contributed by atoms with Gasteiger partial charge in [0.2, 0.25) is 10.0 Å². The predicted molar refractivity (Wildman–Crippen MR) is 86.3 cm³/mol. The molecule has 0 radical (unpaired) electrons. The molecule has 118 valence electrons. The molecule has 7 heteroatoms. The Morgan fingerprint density at radius 3 is 2.59 bits per heavy atom. The summed E-state index contributed by atoms with van der Waals surface area (Å²) in [7, 11) is 0.147. The van der Waals surface area contributed by atoms with Crippen molar-refractivity contribution in [1.82, 2.24) is 14.7 Å². The molecular weight excluding hydrogens is 300 g/mol. The minimum absolute atomic E-state index is 0.0530. The Morgan fingerprint density at radius 1 is 1.18 bits per heavy atom. The molecule has 0 aliphatic rings. The number of nitrogens with one attached hydrogen (secondary N) is 1. The van der Waals surface area contributed by atoms with Gasteiger partial charge in [-0.1, -0.05) is 12.1 Å². The fourth-order valence-electron chi connectivity index (χ4n) is 1.96. The first-order valence-electron chi connectivity index (χ1n) is 6.86. The SMILES string of the molecule is Cc1ccc(C)c(S(=O)(=O)NCc2nccc(N(C)C)n2)c1. The van der Waals surface area contributed by atoms with E-state index < -0.39 is 10.0 Å². The van der Waals surface area contributed by atoms with E-state index in [0.717, 1.165) is 11.4 Å². The van der Waals surface area contributed by atoms with Crippen molar-refractivity contribution in [2.45, 2.75) is 25.3 Å². The lowest BCUT2D eigenvalue weighted by atomic mass is 10.2. The Kier molecular flexibility index (Phi) is 4.77. The first kappa shape index (κ1) is 16.4.